The molecule has 136 valence electrons. The molecule has 3 rings (SSSR count). The molecular weight excluding hydrogens is 371 g/mol. The maximum Gasteiger partial charge on any atom is 0.416 e. The second-order valence-electron chi connectivity index (χ2n) is 5.41. The number of carbonyl (C=O) groups is 1. The summed E-state index contributed by atoms with van der Waals surface area (Å²) < 4.78 is 43.4. The molecule has 1 N–H and O–H groups in total. The third kappa shape index (κ3) is 3.32. The summed E-state index contributed by atoms with van der Waals surface area (Å²) in [6.45, 7) is 0. The molecule has 2 aromatic carbocycles. The van der Waals surface area contributed by atoms with Crippen LogP contribution >= 0.6 is 11.6 Å². The SMILES string of the molecule is COc1cc(N2C(c3ccc(C(F)(F)F)cc3)=NNC2C=O)ccc1Cl. The number of nitrogens with zero attached hydrogens (tertiary/aromatic N) is 2. The third-order valence-electron chi connectivity index (χ3n) is 3.82. The molecule has 0 saturated heterocycles. The van der Waals surface area contributed by atoms with E-state index >= 15 is 0 Å². The molecule has 1 unspecified atom stereocenters. The molecule has 2 aromatic rings. The van der Waals surface area contributed by atoms with Crippen LogP contribution in [0.4, 0.5) is 18.9 Å². The van der Waals surface area contributed by atoms with E-state index in [1.807, 2.05) is 0 Å². The normalized spacial score (nSPS) is 16.9. The number of alkyl halides is 3. The van der Waals surface area contributed by atoms with E-state index in [0.717, 1.165) is 12.1 Å². The lowest BCUT2D eigenvalue weighted by atomic mass is 10.1. The van der Waals surface area contributed by atoms with Crippen LogP contribution in [0.25, 0.3) is 0 Å². The molecule has 9 heteroatoms. The van der Waals surface area contributed by atoms with Crippen LogP contribution in [0.3, 0.4) is 0 Å². The highest BCUT2D eigenvalue weighted by molar-refractivity contribution is 6.32. The molecule has 0 aliphatic carbocycles. The number of halogens is 4. The minimum Gasteiger partial charge on any atom is -0.495 e. The van der Waals surface area contributed by atoms with Gasteiger partial charge in [-0.1, -0.05) is 23.7 Å². The molecular formula is C17H13ClF3N3O2. The summed E-state index contributed by atoms with van der Waals surface area (Å²) in [7, 11) is 1.45. The molecule has 0 bridgehead atoms. The van der Waals surface area contributed by atoms with Crippen LogP contribution in [0, 0.1) is 0 Å². The molecule has 0 aromatic heterocycles. The van der Waals surface area contributed by atoms with Crippen molar-refractivity contribution in [1.29, 1.82) is 0 Å². The Balaban J connectivity index is 2.00. The van der Waals surface area contributed by atoms with E-state index in [0.29, 0.717) is 34.1 Å². The van der Waals surface area contributed by atoms with Gasteiger partial charge in [0.1, 0.15) is 5.75 Å². The lowest BCUT2D eigenvalue weighted by molar-refractivity contribution is -0.137. The van der Waals surface area contributed by atoms with Gasteiger partial charge in [-0.05, 0) is 24.3 Å². The lowest BCUT2D eigenvalue weighted by Crippen LogP contribution is -2.41. The van der Waals surface area contributed by atoms with E-state index < -0.39 is 17.9 Å². The second kappa shape index (κ2) is 6.87. The molecule has 0 amide bonds. The first-order chi connectivity index (χ1) is 12.3. The highest BCUT2D eigenvalue weighted by Crippen LogP contribution is 2.33. The summed E-state index contributed by atoms with van der Waals surface area (Å²) in [5.41, 5.74) is 2.85. The Hall–Kier alpha value is -2.74. The van der Waals surface area contributed by atoms with Crippen LogP contribution in [0.1, 0.15) is 11.1 Å². The highest BCUT2D eigenvalue weighted by Gasteiger charge is 2.33. The van der Waals surface area contributed by atoms with Gasteiger partial charge < -0.3 is 4.74 Å². The van der Waals surface area contributed by atoms with E-state index in [-0.39, 0.29) is 0 Å². The number of aldehydes is 1. The number of ether oxygens (including phenoxy) is 1. The van der Waals surface area contributed by atoms with Crippen LogP contribution in [0.15, 0.2) is 47.6 Å². The first kappa shape index (κ1) is 18.1. The van der Waals surface area contributed by atoms with Crippen molar-refractivity contribution < 1.29 is 22.7 Å². The maximum atomic E-state index is 12.8. The summed E-state index contributed by atoms with van der Waals surface area (Å²) in [4.78, 5) is 12.9. The van der Waals surface area contributed by atoms with Crippen molar-refractivity contribution in [1.82, 2.24) is 5.43 Å². The van der Waals surface area contributed by atoms with E-state index in [4.69, 9.17) is 16.3 Å². The zero-order chi connectivity index (χ0) is 18.9. The van der Waals surface area contributed by atoms with Gasteiger partial charge in [-0.2, -0.15) is 18.3 Å². The van der Waals surface area contributed by atoms with Crippen LogP contribution in [-0.4, -0.2) is 25.4 Å². The van der Waals surface area contributed by atoms with Crippen molar-refractivity contribution in [2.24, 2.45) is 5.10 Å². The Morgan fingerprint density at radius 2 is 1.92 bits per heavy atom. The van der Waals surface area contributed by atoms with Gasteiger partial charge in [0.2, 0.25) is 0 Å². The molecule has 1 aliphatic rings. The fourth-order valence-electron chi connectivity index (χ4n) is 2.56. The van der Waals surface area contributed by atoms with E-state index in [9.17, 15) is 18.0 Å². The number of anilines is 1. The van der Waals surface area contributed by atoms with Gasteiger partial charge in [-0.15, -0.1) is 0 Å². The van der Waals surface area contributed by atoms with Crippen molar-refractivity contribution >= 4 is 29.4 Å². The largest absolute Gasteiger partial charge is 0.495 e. The number of amidine groups is 1. The van der Waals surface area contributed by atoms with Crippen molar-refractivity contribution in [3.8, 4) is 5.75 Å². The highest BCUT2D eigenvalue weighted by atomic mass is 35.5. The number of hydrazone groups is 1. The summed E-state index contributed by atoms with van der Waals surface area (Å²) in [6, 6.07) is 9.41. The summed E-state index contributed by atoms with van der Waals surface area (Å²) >= 11 is 6.02. The van der Waals surface area contributed by atoms with Crippen molar-refractivity contribution in [3.05, 3.63) is 58.6 Å². The van der Waals surface area contributed by atoms with Crippen molar-refractivity contribution in [3.63, 3.8) is 0 Å². The first-order valence-corrected chi connectivity index (χ1v) is 7.82. The Labute approximate surface area is 152 Å². The summed E-state index contributed by atoms with van der Waals surface area (Å²) in [6.07, 6.45) is -4.59. The van der Waals surface area contributed by atoms with Crippen LogP contribution in [-0.2, 0) is 11.0 Å². The van der Waals surface area contributed by atoms with Gasteiger partial charge in [0.15, 0.2) is 18.3 Å². The van der Waals surface area contributed by atoms with Crippen molar-refractivity contribution in [2.75, 3.05) is 12.0 Å². The Morgan fingerprint density at radius 1 is 1.23 bits per heavy atom. The Kier molecular flexibility index (Phi) is 4.78. The minimum absolute atomic E-state index is 0.306. The number of rotatable bonds is 4. The predicted octanol–water partition coefficient (Wildman–Crippen LogP) is 3.66. The lowest BCUT2D eigenvalue weighted by Gasteiger charge is -2.24. The second-order valence-corrected chi connectivity index (χ2v) is 5.82. The number of benzene rings is 2. The molecule has 1 aliphatic heterocycles. The van der Waals surface area contributed by atoms with Gasteiger partial charge in [0, 0.05) is 17.3 Å². The summed E-state index contributed by atoms with van der Waals surface area (Å²) in [5.74, 6) is 0.702. The average molecular weight is 384 g/mol. The Bertz CT molecular complexity index is 853. The molecule has 0 saturated carbocycles. The molecule has 1 heterocycles. The quantitative estimate of drug-likeness (QED) is 0.819. The van der Waals surface area contributed by atoms with Gasteiger partial charge in [0.05, 0.1) is 17.7 Å². The van der Waals surface area contributed by atoms with Gasteiger partial charge in [0.25, 0.3) is 0 Å². The molecule has 26 heavy (non-hydrogen) atoms. The number of methoxy groups -OCH3 is 1. The number of nitrogens with one attached hydrogen (secondary N) is 1. The minimum atomic E-state index is -4.43. The Morgan fingerprint density at radius 3 is 2.50 bits per heavy atom. The topological polar surface area (TPSA) is 53.9 Å². The van der Waals surface area contributed by atoms with Gasteiger partial charge >= 0.3 is 6.18 Å². The van der Waals surface area contributed by atoms with Gasteiger partial charge in [-0.3, -0.25) is 15.1 Å². The zero-order valence-electron chi connectivity index (χ0n) is 13.4. The van der Waals surface area contributed by atoms with Crippen LogP contribution in [0.2, 0.25) is 5.02 Å². The van der Waals surface area contributed by atoms with E-state index in [1.165, 1.54) is 19.2 Å². The summed E-state index contributed by atoms with van der Waals surface area (Å²) in [5, 5.41) is 4.48. The molecule has 0 radical (unpaired) electrons. The number of hydrogen-bond acceptors (Lipinski definition) is 5. The molecule has 0 fully saturated rings. The number of hydrogen-bond donors (Lipinski definition) is 1. The fraction of sp³-hybridized carbons (Fsp3) is 0.176. The average Bonchev–Trinajstić information content (AvgIpc) is 3.05. The maximum absolute atomic E-state index is 12.8. The van der Waals surface area contributed by atoms with Crippen molar-refractivity contribution in [2.45, 2.75) is 12.3 Å². The monoisotopic (exact) mass is 383 g/mol. The van der Waals surface area contributed by atoms with Crippen LogP contribution in [0.5, 0.6) is 5.75 Å². The third-order valence-corrected chi connectivity index (χ3v) is 4.13. The molecule has 0 spiro atoms. The predicted molar refractivity (Wildman–Crippen MR) is 91.5 cm³/mol. The fourth-order valence-corrected chi connectivity index (χ4v) is 2.75. The molecule has 5 nitrogen and oxygen atoms in total. The number of carbonyl (C=O) groups excluding carboxylic acids is 1. The smallest absolute Gasteiger partial charge is 0.416 e. The van der Waals surface area contributed by atoms with Crippen LogP contribution < -0.4 is 15.1 Å². The van der Waals surface area contributed by atoms with E-state index in [1.54, 1.807) is 23.1 Å². The first-order valence-electron chi connectivity index (χ1n) is 7.44. The molecule has 1 atom stereocenters. The standard InChI is InChI=1S/C17H13ClF3N3O2/c1-26-14-8-12(6-7-13(14)18)24-15(9-25)22-23-16(24)10-2-4-11(5-3-10)17(19,20)21/h2-9,15,22H,1H3. The zero-order valence-corrected chi connectivity index (χ0v) is 14.2. The van der Waals surface area contributed by atoms with E-state index in [2.05, 4.69) is 10.5 Å². The van der Waals surface area contributed by atoms with Gasteiger partial charge in [-0.25, -0.2) is 0 Å².